The van der Waals surface area contributed by atoms with Crippen molar-refractivity contribution in [3.63, 3.8) is 0 Å². The van der Waals surface area contributed by atoms with Gasteiger partial charge in [-0.05, 0) is 58.5 Å². The molecule has 1 N–H and O–H groups in total. The lowest BCUT2D eigenvalue weighted by atomic mass is 10.2. The van der Waals surface area contributed by atoms with Crippen molar-refractivity contribution >= 4 is 15.9 Å². The quantitative estimate of drug-likeness (QED) is 0.767. The van der Waals surface area contributed by atoms with Gasteiger partial charge in [-0.15, -0.1) is 0 Å². The van der Waals surface area contributed by atoms with Crippen LogP contribution in [0.1, 0.15) is 31.7 Å². The van der Waals surface area contributed by atoms with E-state index in [1.165, 1.54) is 18.4 Å². The van der Waals surface area contributed by atoms with Crippen LogP contribution in [0.15, 0.2) is 34.8 Å². The number of nitrogens with one attached hydrogen (secondary N) is 1. The highest BCUT2D eigenvalue weighted by atomic mass is 79.9. The second-order valence-corrected chi connectivity index (χ2v) is 5.67. The normalized spacial score (nSPS) is 14.6. The van der Waals surface area contributed by atoms with Crippen LogP contribution in [-0.2, 0) is 6.54 Å². The van der Waals surface area contributed by atoms with Crippen molar-refractivity contribution in [1.82, 2.24) is 5.32 Å². The van der Waals surface area contributed by atoms with Crippen LogP contribution >= 0.6 is 15.9 Å². The molecule has 0 unspecified atom stereocenters. The van der Waals surface area contributed by atoms with Gasteiger partial charge in [-0.25, -0.2) is 0 Å². The summed E-state index contributed by atoms with van der Waals surface area (Å²) in [6, 6.07) is 7.01. The van der Waals surface area contributed by atoms with Crippen molar-refractivity contribution in [2.45, 2.75) is 38.8 Å². The monoisotopic (exact) mass is 309 g/mol. The van der Waals surface area contributed by atoms with Gasteiger partial charge in [0.15, 0.2) is 0 Å². The summed E-state index contributed by atoms with van der Waals surface area (Å²) in [6.07, 6.45) is 3.60. The second-order valence-electron chi connectivity index (χ2n) is 4.81. The predicted octanol–water partition coefficient (Wildman–Crippen LogP) is 4.05. The van der Waals surface area contributed by atoms with E-state index in [2.05, 4.69) is 46.9 Å². The molecule has 18 heavy (non-hydrogen) atoms. The second kappa shape index (κ2) is 6.39. The fourth-order valence-corrected chi connectivity index (χ4v) is 2.14. The molecule has 0 aliphatic heterocycles. The molecule has 2 nitrogen and oxygen atoms in total. The van der Waals surface area contributed by atoms with Crippen molar-refractivity contribution in [1.29, 1.82) is 0 Å². The van der Waals surface area contributed by atoms with Gasteiger partial charge >= 0.3 is 0 Å². The van der Waals surface area contributed by atoms with Crippen LogP contribution in [0.2, 0.25) is 0 Å². The van der Waals surface area contributed by atoms with Gasteiger partial charge in [0.05, 0.1) is 4.47 Å². The highest BCUT2D eigenvalue weighted by molar-refractivity contribution is 9.10. The van der Waals surface area contributed by atoms with E-state index in [0.717, 1.165) is 34.8 Å². The van der Waals surface area contributed by atoms with Crippen LogP contribution in [-0.4, -0.2) is 12.6 Å². The van der Waals surface area contributed by atoms with Crippen LogP contribution in [0.5, 0.6) is 5.75 Å². The summed E-state index contributed by atoms with van der Waals surface area (Å²) < 4.78 is 6.73. The Bertz CT molecular complexity index is 427. The SMILES string of the molecule is C=C(CC)COc1ccc(CNC2CC2)cc1Br. The van der Waals surface area contributed by atoms with Gasteiger partial charge in [-0.3, -0.25) is 0 Å². The first-order chi connectivity index (χ1) is 8.69. The molecule has 3 heteroatoms. The Morgan fingerprint density at radius 1 is 1.50 bits per heavy atom. The zero-order valence-electron chi connectivity index (χ0n) is 10.8. The Morgan fingerprint density at radius 2 is 2.28 bits per heavy atom. The van der Waals surface area contributed by atoms with E-state index in [0.29, 0.717) is 6.61 Å². The number of hydrogen-bond donors (Lipinski definition) is 1. The largest absolute Gasteiger partial charge is 0.488 e. The molecule has 0 bridgehead atoms. The fourth-order valence-electron chi connectivity index (χ4n) is 1.60. The number of rotatable bonds is 7. The number of halogens is 1. The molecule has 0 atom stereocenters. The molecule has 0 radical (unpaired) electrons. The van der Waals surface area contributed by atoms with Crippen molar-refractivity contribution < 1.29 is 4.74 Å². The molecule has 2 rings (SSSR count). The molecule has 98 valence electrons. The molecule has 1 aromatic carbocycles. The van der Waals surface area contributed by atoms with Crippen LogP contribution in [0.4, 0.5) is 0 Å². The Morgan fingerprint density at radius 3 is 2.89 bits per heavy atom. The maximum absolute atomic E-state index is 5.72. The van der Waals surface area contributed by atoms with Gasteiger partial charge in [-0.1, -0.05) is 19.6 Å². The average Bonchev–Trinajstić information content (AvgIpc) is 3.18. The van der Waals surface area contributed by atoms with Gasteiger partial charge in [0.2, 0.25) is 0 Å². The van der Waals surface area contributed by atoms with Gasteiger partial charge in [-0.2, -0.15) is 0 Å². The zero-order chi connectivity index (χ0) is 13.0. The smallest absolute Gasteiger partial charge is 0.133 e. The maximum atomic E-state index is 5.72. The summed E-state index contributed by atoms with van der Waals surface area (Å²) in [7, 11) is 0. The summed E-state index contributed by atoms with van der Waals surface area (Å²) in [5, 5.41) is 3.50. The Balaban J connectivity index is 1.89. The Hall–Kier alpha value is -0.800. The number of hydrogen-bond acceptors (Lipinski definition) is 2. The predicted molar refractivity (Wildman–Crippen MR) is 78.9 cm³/mol. The molecule has 0 saturated heterocycles. The third-order valence-corrected chi connectivity index (χ3v) is 3.72. The molecule has 1 fully saturated rings. The van der Waals surface area contributed by atoms with Crippen molar-refractivity contribution in [3.8, 4) is 5.75 Å². The minimum Gasteiger partial charge on any atom is -0.488 e. The summed E-state index contributed by atoms with van der Waals surface area (Å²) in [4.78, 5) is 0. The topological polar surface area (TPSA) is 21.3 Å². The molecule has 1 aromatic rings. The molecule has 1 saturated carbocycles. The fraction of sp³-hybridized carbons (Fsp3) is 0.467. The van der Waals surface area contributed by atoms with Crippen molar-refractivity contribution in [3.05, 3.63) is 40.4 Å². The third-order valence-electron chi connectivity index (χ3n) is 3.10. The molecule has 1 aliphatic rings. The maximum Gasteiger partial charge on any atom is 0.133 e. The van der Waals surface area contributed by atoms with E-state index < -0.39 is 0 Å². The Labute approximate surface area is 118 Å². The highest BCUT2D eigenvalue weighted by Gasteiger charge is 2.19. The van der Waals surface area contributed by atoms with Gasteiger partial charge < -0.3 is 10.1 Å². The van der Waals surface area contributed by atoms with E-state index >= 15 is 0 Å². The molecular weight excluding hydrogens is 290 g/mol. The van der Waals surface area contributed by atoms with Crippen LogP contribution < -0.4 is 10.1 Å². The molecule has 0 spiro atoms. The van der Waals surface area contributed by atoms with Gasteiger partial charge in [0.25, 0.3) is 0 Å². The van der Waals surface area contributed by atoms with Crippen LogP contribution in [0, 0.1) is 0 Å². The minimum atomic E-state index is 0.592. The van der Waals surface area contributed by atoms with Gasteiger partial charge in [0.1, 0.15) is 12.4 Å². The van der Waals surface area contributed by atoms with E-state index in [1.54, 1.807) is 0 Å². The Kier molecular flexibility index (Phi) is 4.84. The van der Waals surface area contributed by atoms with E-state index in [-0.39, 0.29) is 0 Å². The third kappa shape index (κ3) is 4.14. The lowest BCUT2D eigenvalue weighted by molar-refractivity contribution is 0.347. The lowest BCUT2D eigenvalue weighted by Crippen LogP contribution is -2.15. The number of benzene rings is 1. The summed E-state index contributed by atoms with van der Waals surface area (Å²) in [6.45, 7) is 7.56. The first-order valence-electron chi connectivity index (χ1n) is 6.50. The molecule has 0 aromatic heterocycles. The lowest BCUT2D eigenvalue weighted by Gasteiger charge is -2.11. The van der Waals surface area contributed by atoms with Crippen molar-refractivity contribution in [2.75, 3.05) is 6.61 Å². The minimum absolute atomic E-state index is 0.592. The van der Waals surface area contributed by atoms with E-state index in [9.17, 15) is 0 Å². The van der Waals surface area contributed by atoms with Crippen LogP contribution in [0.3, 0.4) is 0 Å². The number of ether oxygens (including phenoxy) is 1. The van der Waals surface area contributed by atoms with Crippen LogP contribution in [0.25, 0.3) is 0 Å². The summed E-state index contributed by atoms with van der Waals surface area (Å²) in [5.41, 5.74) is 2.40. The standard InChI is InChI=1S/C15H20BrNO/c1-3-11(2)10-18-15-7-4-12(8-14(15)16)9-17-13-5-6-13/h4,7-8,13,17H,2-3,5-6,9-10H2,1H3. The van der Waals surface area contributed by atoms with E-state index in [1.807, 2.05) is 6.07 Å². The molecule has 0 heterocycles. The average molecular weight is 310 g/mol. The molecular formula is C15H20BrNO. The van der Waals surface area contributed by atoms with Gasteiger partial charge in [0, 0.05) is 12.6 Å². The molecule has 1 aliphatic carbocycles. The molecule has 0 amide bonds. The van der Waals surface area contributed by atoms with E-state index in [4.69, 9.17) is 4.74 Å². The zero-order valence-corrected chi connectivity index (χ0v) is 12.4. The first kappa shape index (κ1) is 13.6. The first-order valence-corrected chi connectivity index (χ1v) is 7.29. The highest BCUT2D eigenvalue weighted by Crippen LogP contribution is 2.27. The summed E-state index contributed by atoms with van der Waals surface area (Å²) >= 11 is 3.56. The summed E-state index contributed by atoms with van der Waals surface area (Å²) in [5.74, 6) is 0.889. The van der Waals surface area contributed by atoms with Crippen molar-refractivity contribution in [2.24, 2.45) is 0 Å².